The quantitative estimate of drug-likeness (QED) is 0.372. The van der Waals surface area contributed by atoms with Crippen LogP contribution in [0.4, 0.5) is 5.82 Å². The van der Waals surface area contributed by atoms with Crippen molar-refractivity contribution in [2.45, 2.75) is 31.1 Å². The first-order chi connectivity index (χ1) is 14.0. The molecule has 29 heavy (non-hydrogen) atoms. The predicted molar refractivity (Wildman–Crippen MR) is 100 cm³/mol. The molecule has 0 radical (unpaired) electrons. The average Bonchev–Trinajstić information content (AvgIpc) is 3.28. The molecule has 11 nitrogen and oxygen atoms in total. The minimum absolute atomic E-state index is 0.0826. The van der Waals surface area contributed by atoms with Crippen LogP contribution < -0.4 is 10.1 Å². The number of rotatable bonds is 6. The Hall–Kier alpha value is -2.99. The molecule has 3 aromatic rings. The van der Waals surface area contributed by atoms with Gasteiger partial charge in [0, 0.05) is 6.54 Å². The first-order valence-corrected chi connectivity index (χ1v) is 8.93. The minimum Gasteiger partial charge on any atom is -0.507 e. The Morgan fingerprint density at radius 2 is 2.03 bits per heavy atom. The number of benzene rings is 1. The van der Waals surface area contributed by atoms with Gasteiger partial charge in [0.25, 0.3) is 0 Å². The summed E-state index contributed by atoms with van der Waals surface area (Å²) in [4.78, 5) is 12.7. The van der Waals surface area contributed by atoms with Gasteiger partial charge in [-0.1, -0.05) is 6.07 Å². The minimum atomic E-state index is -1.25. The number of nitrogens with one attached hydrogen (secondary N) is 1. The summed E-state index contributed by atoms with van der Waals surface area (Å²) in [5.41, 5.74) is 1.35. The van der Waals surface area contributed by atoms with Crippen LogP contribution in [0.25, 0.3) is 11.2 Å². The maximum Gasteiger partial charge on any atom is 0.167 e. The van der Waals surface area contributed by atoms with Gasteiger partial charge in [-0.3, -0.25) is 4.57 Å². The highest BCUT2D eigenvalue weighted by Crippen LogP contribution is 2.33. The maximum atomic E-state index is 10.3. The molecule has 154 valence electrons. The summed E-state index contributed by atoms with van der Waals surface area (Å²) in [6.45, 7) is -0.200. The van der Waals surface area contributed by atoms with Crippen molar-refractivity contribution in [1.29, 1.82) is 0 Å². The summed E-state index contributed by atoms with van der Waals surface area (Å²) in [6.07, 6.45) is -1.58. The molecule has 4 rings (SSSR count). The van der Waals surface area contributed by atoms with Crippen LogP contribution in [0.3, 0.4) is 0 Å². The van der Waals surface area contributed by atoms with Crippen molar-refractivity contribution in [3.05, 3.63) is 36.4 Å². The van der Waals surface area contributed by atoms with E-state index in [9.17, 15) is 20.4 Å². The number of phenols is 1. The maximum absolute atomic E-state index is 10.3. The Bertz CT molecular complexity index is 1010. The fraction of sp³-hybridized carbons (Fsp3) is 0.389. The molecule has 2 aromatic heterocycles. The Kier molecular flexibility index (Phi) is 5.20. The lowest BCUT2D eigenvalue weighted by atomic mass is 10.1. The third-order valence-electron chi connectivity index (χ3n) is 4.91. The van der Waals surface area contributed by atoms with E-state index in [1.165, 1.54) is 24.3 Å². The molecule has 1 aliphatic heterocycles. The van der Waals surface area contributed by atoms with Crippen molar-refractivity contribution >= 4 is 17.0 Å². The lowest BCUT2D eigenvalue weighted by molar-refractivity contribution is -0.0511. The van der Waals surface area contributed by atoms with Gasteiger partial charge in [0.15, 0.2) is 23.2 Å². The second kappa shape index (κ2) is 7.79. The summed E-state index contributed by atoms with van der Waals surface area (Å²) < 4.78 is 12.3. The highest BCUT2D eigenvalue weighted by molar-refractivity contribution is 5.82. The number of aliphatic hydroxyl groups excluding tert-OH is 3. The zero-order valence-corrected chi connectivity index (χ0v) is 15.5. The summed E-state index contributed by atoms with van der Waals surface area (Å²) in [7, 11) is 1.52. The molecule has 4 atom stereocenters. The molecule has 0 bridgehead atoms. The van der Waals surface area contributed by atoms with E-state index in [-0.39, 0.29) is 12.3 Å². The molecule has 1 saturated heterocycles. The number of nitrogens with zero attached hydrogens (tertiary/aromatic N) is 4. The van der Waals surface area contributed by atoms with Crippen molar-refractivity contribution in [2.75, 3.05) is 19.0 Å². The van der Waals surface area contributed by atoms with Crippen molar-refractivity contribution in [3.63, 3.8) is 0 Å². The van der Waals surface area contributed by atoms with E-state index in [0.29, 0.717) is 28.3 Å². The van der Waals surface area contributed by atoms with Gasteiger partial charge in [-0.25, -0.2) is 15.0 Å². The molecule has 1 aromatic carbocycles. The summed E-state index contributed by atoms with van der Waals surface area (Å²) >= 11 is 0. The van der Waals surface area contributed by atoms with Crippen LogP contribution in [-0.2, 0) is 11.3 Å². The van der Waals surface area contributed by atoms with Gasteiger partial charge in [0.05, 0.1) is 25.6 Å². The van der Waals surface area contributed by atoms with Gasteiger partial charge >= 0.3 is 0 Å². The number of aromatic hydroxyl groups is 1. The largest absolute Gasteiger partial charge is 0.507 e. The molecular formula is C18H21N5O6. The van der Waals surface area contributed by atoms with Crippen LogP contribution in [0.5, 0.6) is 11.5 Å². The topological polar surface area (TPSA) is 155 Å². The smallest absolute Gasteiger partial charge is 0.167 e. The molecule has 0 unspecified atom stereocenters. The van der Waals surface area contributed by atoms with Gasteiger partial charge in [-0.05, 0) is 12.1 Å². The first kappa shape index (κ1) is 19.3. The molecule has 5 N–H and O–H groups in total. The number of imidazole rings is 1. The van der Waals surface area contributed by atoms with E-state index in [2.05, 4.69) is 20.3 Å². The fourth-order valence-electron chi connectivity index (χ4n) is 3.37. The number of hydrogen-bond donors (Lipinski definition) is 5. The highest BCUT2D eigenvalue weighted by Gasteiger charge is 2.44. The lowest BCUT2D eigenvalue weighted by Gasteiger charge is -2.16. The second-order valence-electron chi connectivity index (χ2n) is 6.59. The number of aliphatic hydroxyl groups is 3. The summed E-state index contributed by atoms with van der Waals surface area (Å²) in [5, 5.41) is 42.7. The zero-order valence-electron chi connectivity index (χ0n) is 15.5. The first-order valence-electron chi connectivity index (χ1n) is 8.93. The molecule has 11 heteroatoms. The van der Waals surface area contributed by atoms with E-state index in [0.717, 1.165) is 0 Å². The van der Waals surface area contributed by atoms with Crippen LogP contribution in [0, 0.1) is 0 Å². The third kappa shape index (κ3) is 3.34. The lowest BCUT2D eigenvalue weighted by Crippen LogP contribution is -2.33. The van der Waals surface area contributed by atoms with Gasteiger partial charge in [0.1, 0.15) is 36.1 Å². The van der Waals surface area contributed by atoms with Crippen LogP contribution in [0.1, 0.15) is 11.8 Å². The van der Waals surface area contributed by atoms with Crippen molar-refractivity contribution < 1.29 is 29.9 Å². The monoisotopic (exact) mass is 403 g/mol. The van der Waals surface area contributed by atoms with Crippen LogP contribution >= 0.6 is 0 Å². The van der Waals surface area contributed by atoms with Gasteiger partial charge in [-0.2, -0.15) is 0 Å². The van der Waals surface area contributed by atoms with E-state index in [1.54, 1.807) is 18.2 Å². The van der Waals surface area contributed by atoms with E-state index < -0.39 is 31.1 Å². The van der Waals surface area contributed by atoms with Crippen molar-refractivity contribution in [1.82, 2.24) is 19.5 Å². The predicted octanol–water partition coefficient (Wildman–Crippen LogP) is -0.236. The Labute approximate surface area is 165 Å². The van der Waals surface area contributed by atoms with Crippen LogP contribution in [-0.4, -0.2) is 72.0 Å². The molecule has 0 amide bonds. The molecule has 0 saturated carbocycles. The number of methoxy groups -OCH3 is 1. The molecule has 1 fully saturated rings. The Balaban J connectivity index is 1.62. The van der Waals surface area contributed by atoms with Crippen LogP contribution in [0.15, 0.2) is 30.9 Å². The average molecular weight is 403 g/mol. The van der Waals surface area contributed by atoms with Gasteiger partial charge in [-0.15, -0.1) is 0 Å². The Morgan fingerprint density at radius 1 is 1.21 bits per heavy atom. The molecular weight excluding hydrogens is 382 g/mol. The van der Waals surface area contributed by atoms with E-state index >= 15 is 0 Å². The van der Waals surface area contributed by atoms with Crippen molar-refractivity contribution in [3.8, 4) is 11.5 Å². The van der Waals surface area contributed by atoms with Gasteiger partial charge in [0.2, 0.25) is 0 Å². The number of phenolic OH excluding ortho intramolecular Hbond substituents is 1. The Morgan fingerprint density at radius 3 is 2.76 bits per heavy atom. The van der Waals surface area contributed by atoms with Gasteiger partial charge < -0.3 is 35.2 Å². The number of hydrogen-bond acceptors (Lipinski definition) is 10. The highest BCUT2D eigenvalue weighted by atomic mass is 16.6. The normalized spacial score (nSPS) is 24.1. The number of aromatic nitrogens is 4. The van der Waals surface area contributed by atoms with E-state index in [1.807, 2.05) is 0 Å². The third-order valence-corrected chi connectivity index (χ3v) is 4.91. The number of ether oxygens (including phenoxy) is 2. The second-order valence-corrected chi connectivity index (χ2v) is 6.59. The zero-order chi connectivity index (χ0) is 20.5. The SMILES string of the molecule is COc1cccc(O)c1CNc1ncnc2c1ncn2[C@@H]1O[C@H](CO)[C@@H](O)[C@H]1O. The molecule has 1 aliphatic rings. The standard InChI is InChI=1S/C18H21N5O6/c1-28-11-4-2-3-10(25)9(11)5-19-16-13-17(21-7-20-16)23(8-22-13)18-15(27)14(26)12(6-24)29-18/h2-4,7-8,12,14-15,18,24-27H,5-6H2,1H3,(H,19,20,21)/t12-,14-,15-,18-/m1/s1. The van der Waals surface area contributed by atoms with Crippen molar-refractivity contribution in [2.24, 2.45) is 0 Å². The molecule has 0 aliphatic carbocycles. The summed E-state index contributed by atoms with van der Waals surface area (Å²) in [5.74, 6) is 1.02. The summed E-state index contributed by atoms with van der Waals surface area (Å²) in [6, 6.07) is 4.98. The molecule has 3 heterocycles. The van der Waals surface area contributed by atoms with E-state index in [4.69, 9.17) is 9.47 Å². The van der Waals surface area contributed by atoms with Crippen LogP contribution in [0.2, 0.25) is 0 Å². The number of fused-ring (bicyclic) bond motifs is 1. The fourth-order valence-corrected chi connectivity index (χ4v) is 3.37. The number of anilines is 1. The molecule has 0 spiro atoms.